The quantitative estimate of drug-likeness (QED) is 0.719. The van der Waals surface area contributed by atoms with Crippen LogP contribution in [0.2, 0.25) is 0 Å². The van der Waals surface area contributed by atoms with Gasteiger partial charge in [-0.25, -0.2) is 0 Å². The molecule has 0 nitrogen and oxygen atoms in total. The van der Waals surface area contributed by atoms with Gasteiger partial charge in [0.2, 0.25) is 0 Å². The van der Waals surface area contributed by atoms with E-state index in [1.807, 2.05) is 0 Å². The Balaban J connectivity index is 2.18. The SMILES string of the molecule is Cc1cc(Br)cc(CC2CC2)c1. The normalized spacial score (nSPS) is 16.5. The summed E-state index contributed by atoms with van der Waals surface area (Å²) in [6.07, 6.45) is 4.15. The lowest BCUT2D eigenvalue weighted by molar-refractivity contribution is 0.831. The van der Waals surface area contributed by atoms with Crippen LogP contribution in [0.15, 0.2) is 22.7 Å². The molecule has 0 aromatic heterocycles. The van der Waals surface area contributed by atoms with Crippen LogP contribution in [0.5, 0.6) is 0 Å². The van der Waals surface area contributed by atoms with Gasteiger partial charge in [-0.05, 0) is 55.4 Å². The van der Waals surface area contributed by atoms with Crippen LogP contribution in [0, 0.1) is 12.8 Å². The van der Waals surface area contributed by atoms with Gasteiger partial charge in [0.05, 0.1) is 0 Å². The lowest BCUT2D eigenvalue weighted by atomic mass is 10.1. The van der Waals surface area contributed by atoms with Crippen LogP contribution >= 0.6 is 15.9 Å². The Labute approximate surface area is 82.1 Å². The highest BCUT2D eigenvalue weighted by molar-refractivity contribution is 9.10. The number of hydrogen-bond donors (Lipinski definition) is 0. The van der Waals surface area contributed by atoms with Crippen molar-refractivity contribution in [2.24, 2.45) is 5.92 Å². The van der Waals surface area contributed by atoms with Crippen LogP contribution in [0.1, 0.15) is 24.0 Å². The predicted octanol–water partition coefficient (Wildman–Crippen LogP) is 3.71. The van der Waals surface area contributed by atoms with Gasteiger partial charge in [-0.3, -0.25) is 0 Å². The van der Waals surface area contributed by atoms with Crippen LogP contribution in [0.4, 0.5) is 0 Å². The number of aryl methyl sites for hydroxylation is 1. The first-order valence-corrected chi connectivity index (χ1v) is 5.29. The molecule has 0 radical (unpaired) electrons. The average molecular weight is 225 g/mol. The summed E-state index contributed by atoms with van der Waals surface area (Å²) in [4.78, 5) is 0. The summed E-state index contributed by atoms with van der Waals surface area (Å²) < 4.78 is 1.22. The van der Waals surface area contributed by atoms with Crippen LogP contribution in [-0.2, 0) is 6.42 Å². The van der Waals surface area contributed by atoms with Crippen molar-refractivity contribution in [3.8, 4) is 0 Å². The van der Waals surface area contributed by atoms with Crippen molar-refractivity contribution < 1.29 is 0 Å². The molecule has 1 heteroatoms. The molecule has 1 aromatic carbocycles. The monoisotopic (exact) mass is 224 g/mol. The van der Waals surface area contributed by atoms with E-state index in [1.165, 1.54) is 34.9 Å². The van der Waals surface area contributed by atoms with Gasteiger partial charge < -0.3 is 0 Å². The van der Waals surface area contributed by atoms with E-state index in [2.05, 4.69) is 41.1 Å². The first-order chi connectivity index (χ1) is 5.74. The zero-order chi connectivity index (χ0) is 8.55. The van der Waals surface area contributed by atoms with Gasteiger partial charge in [-0.1, -0.05) is 22.0 Å². The van der Waals surface area contributed by atoms with Crippen molar-refractivity contribution in [2.75, 3.05) is 0 Å². The smallest absolute Gasteiger partial charge is 0.0180 e. The molecule has 1 aliphatic carbocycles. The minimum Gasteiger partial charge on any atom is -0.0560 e. The van der Waals surface area contributed by atoms with Gasteiger partial charge in [-0.2, -0.15) is 0 Å². The molecule has 1 aliphatic rings. The minimum atomic E-state index is 0.985. The molecule has 0 amide bonds. The molecule has 64 valence electrons. The van der Waals surface area contributed by atoms with Crippen molar-refractivity contribution in [1.29, 1.82) is 0 Å². The number of rotatable bonds is 2. The standard InChI is InChI=1S/C11H13Br/c1-8-4-10(6-9-2-3-9)7-11(12)5-8/h4-5,7,9H,2-3,6H2,1H3. The highest BCUT2D eigenvalue weighted by Crippen LogP contribution is 2.33. The molecular formula is C11H13Br. The van der Waals surface area contributed by atoms with E-state index in [0.29, 0.717) is 0 Å². The maximum absolute atomic E-state index is 3.52. The fourth-order valence-corrected chi connectivity index (χ4v) is 2.24. The zero-order valence-corrected chi connectivity index (χ0v) is 8.89. The summed E-state index contributed by atoms with van der Waals surface area (Å²) in [5.74, 6) is 0.985. The third kappa shape index (κ3) is 2.10. The topological polar surface area (TPSA) is 0 Å². The van der Waals surface area contributed by atoms with E-state index in [0.717, 1.165) is 5.92 Å². The van der Waals surface area contributed by atoms with E-state index in [-0.39, 0.29) is 0 Å². The van der Waals surface area contributed by atoms with Crippen molar-refractivity contribution in [2.45, 2.75) is 26.2 Å². The van der Waals surface area contributed by atoms with Crippen LogP contribution < -0.4 is 0 Å². The Hall–Kier alpha value is -0.300. The molecule has 0 bridgehead atoms. The van der Waals surface area contributed by atoms with Gasteiger partial charge in [0, 0.05) is 4.47 Å². The van der Waals surface area contributed by atoms with E-state index in [9.17, 15) is 0 Å². The van der Waals surface area contributed by atoms with Gasteiger partial charge in [0.1, 0.15) is 0 Å². The maximum atomic E-state index is 3.52. The molecule has 12 heavy (non-hydrogen) atoms. The molecule has 0 spiro atoms. The Kier molecular flexibility index (Phi) is 2.22. The summed E-state index contributed by atoms with van der Waals surface area (Å²) >= 11 is 3.52. The first-order valence-electron chi connectivity index (χ1n) is 4.50. The Bertz CT molecular complexity index is 267. The minimum absolute atomic E-state index is 0.985. The molecule has 0 saturated heterocycles. The van der Waals surface area contributed by atoms with Gasteiger partial charge >= 0.3 is 0 Å². The molecule has 0 aliphatic heterocycles. The molecule has 0 unspecified atom stereocenters. The van der Waals surface area contributed by atoms with Gasteiger partial charge in [0.15, 0.2) is 0 Å². The van der Waals surface area contributed by atoms with E-state index in [4.69, 9.17) is 0 Å². The van der Waals surface area contributed by atoms with Crippen molar-refractivity contribution in [1.82, 2.24) is 0 Å². The maximum Gasteiger partial charge on any atom is 0.0180 e. The largest absolute Gasteiger partial charge is 0.0560 e. The Morgan fingerprint density at radius 1 is 1.33 bits per heavy atom. The molecule has 1 aromatic rings. The molecule has 1 fully saturated rings. The second kappa shape index (κ2) is 3.21. The van der Waals surface area contributed by atoms with Crippen molar-refractivity contribution >= 4 is 15.9 Å². The number of benzene rings is 1. The van der Waals surface area contributed by atoms with E-state index in [1.54, 1.807) is 0 Å². The van der Waals surface area contributed by atoms with Crippen LogP contribution in [-0.4, -0.2) is 0 Å². The third-order valence-corrected chi connectivity index (χ3v) is 2.78. The van der Waals surface area contributed by atoms with Crippen LogP contribution in [0.25, 0.3) is 0 Å². The zero-order valence-electron chi connectivity index (χ0n) is 7.31. The predicted molar refractivity (Wildman–Crippen MR) is 55.3 cm³/mol. The Morgan fingerprint density at radius 3 is 2.67 bits per heavy atom. The lowest BCUT2D eigenvalue weighted by Gasteiger charge is -2.02. The first kappa shape index (κ1) is 8.31. The second-order valence-electron chi connectivity index (χ2n) is 3.78. The summed E-state index contributed by atoms with van der Waals surface area (Å²) in [6.45, 7) is 2.15. The van der Waals surface area contributed by atoms with E-state index >= 15 is 0 Å². The number of halogens is 1. The lowest BCUT2D eigenvalue weighted by Crippen LogP contribution is -1.87. The van der Waals surface area contributed by atoms with Gasteiger partial charge in [-0.15, -0.1) is 0 Å². The number of hydrogen-bond acceptors (Lipinski definition) is 0. The summed E-state index contributed by atoms with van der Waals surface area (Å²) in [6, 6.07) is 6.70. The van der Waals surface area contributed by atoms with E-state index < -0.39 is 0 Å². The van der Waals surface area contributed by atoms with Gasteiger partial charge in [0.25, 0.3) is 0 Å². The highest BCUT2D eigenvalue weighted by Gasteiger charge is 2.21. The fourth-order valence-electron chi connectivity index (χ4n) is 1.59. The summed E-state index contributed by atoms with van der Waals surface area (Å²) in [5.41, 5.74) is 2.85. The van der Waals surface area contributed by atoms with Crippen LogP contribution in [0.3, 0.4) is 0 Å². The summed E-state index contributed by atoms with van der Waals surface area (Å²) in [7, 11) is 0. The van der Waals surface area contributed by atoms with Crippen molar-refractivity contribution in [3.05, 3.63) is 33.8 Å². The molecular weight excluding hydrogens is 212 g/mol. The molecule has 0 atom stereocenters. The fraction of sp³-hybridized carbons (Fsp3) is 0.455. The molecule has 0 heterocycles. The summed E-state index contributed by atoms with van der Waals surface area (Å²) in [5, 5.41) is 0. The molecule has 1 saturated carbocycles. The highest BCUT2D eigenvalue weighted by atomic mass is 79.9. The average Bonchev–Trinajstić information content (AvgIpc) is 2.68. The Morgan fingerprint density at radius 2 is 2.08 bits per heavy atom. The van der Waals surface area contributed by atoms with Crippen molar-refractivity contribution in [3.63, 3.8) is 0 Å². The molecule has 0 N–H and O–H groups in total. The molecule has 2 rings (SSSR count). The second-order valence-corrected chi connectivity index (χ2v) is 4.70. The third-order valence-electron chi connectivity index (χ3n) is 2.32.